The first-order chi connectivity index (χ1) is 16.2. The van der Waals surface area contributed by atoms with Gasteiger partial charge >= 0.3 is 0 Å². The lowest BCUT2D eigenvalue weighted by molar-refractivity contribution is -0.130. The van der Waals surface area contributed by atoms with Crippen molar-refractivity contribution in [3.05, 3.63) is 59.9 Å². The van der Waals surface area contributed by atoms with Gasteiger partial charge in [-0.25, -0.2) is 4.98 Å². The zero-order chi connectivity index (χ0) is 23.0. The number of carbonyl (C=O) groups excluding carboxylic acids is 2. The van der Waals surface area contributed by atoms with Gasteiger partial charge in [-0.3, -0.25) is 9.59 Å². The van der Waals surface area contributed by atoms with E-state index in [1.807, 2.05) is 41.3 Å². The van der Waals surface area contributed by atoms with Crippen LogP contribution in [-0.2, 0) is 17.8 Å². The number of amides is 2. The molecular weight excluding hydrogens is 416 g/mol. The molecule has 1 aliphatic heterocycles. The molecule has 174 valence electrons. The second-order valence-corrected chi connectivity index (χ2v) is 8.46. The summed E-state index contributed by atoms with van der Waals surface area (Å²) in [5.41, 5.74) is 2.51. The summed E-state index contributed by atoms with van der Waals surface area (Å²) < 4.78 is 7.34. The summed E-state index contributed by atoms with van der Waals surface area (Å²) >= 11 is 0. The van der Waals surface area contributed by atoms with E-state index in [0.29, 0.717) is 24.4 Å². The number of aromatic nitrogens is 2. The number of methoxy groups -OCH3 is 1. The topological polar surface area (TPSA) is 76.5 Å². The molecule has 0 bridgehead atoms. The summed E-state index contributed by atoms with van der Waals surface area (Å²) in [4.78, 5) is 31.9. The van der Waals surface area contributed by atoms with Gasteiger partial charge in [0.25, 0.3) is 5.91 Å². The molecule has 0 unspecified atom stereocenters. The van der Waals surface area contributed by atoms with Crippen LogP contribution in [0.4, 0.5) is 0 Å². The fourth-order valence-corrected chi connectivity index (χ4v) is 4.41. The van der Waals surface area contributed by atoms with Crippen LogP contribution in [0, 0.1) is 0 Å². The van der Waals surface area contributed by atoms with Gasteiger partial charge in [0, 0.05) is 26.1 Å². The van der Waals surface area contributed by atoms with Gasteiger partial charge in [0.2, 0.25) is 5.91 Å². The molecule has 2 aromatic carbocycles. The van der Waals surface area contributed by atoms with Crippen molar-refractivity contribution in [2.45, 2.75) is 45.1 Å². The van der Waals surface area contributed by atoms with Crippen molar-refractivity contribution in [2.75, 3.05) is 26.7 Å². The molecule has 7 heteroatoms. The molecule has 1 fully saturated rings. The van der Waals surface area contributed by atoms with Gasteiger partial charge in [-0.15, -0.1) is 0 Å². The normalized spacial score (nSPS) is 13.4. The molecular formula is C26H32N4O3. The second-order valence-electron chi connectivity index (χ2n) is 8.46. The van der Waals surface area contributed by atoms with Crippen LogP contribution >= 0.6 is 0 Å². The molecule has 2 heterocycles. The maximum atomic E-state index is 12.8. The Labute approximate surface area is 194 Å². The minimum absolute atomic E-state index is 0.116. The summed E-state index contributed by atoms with van der Waals surface area (Å²) in [5.74, 6) is 1.60. The molecule has 4 rings (SSSR count). The van der Waals surface area contributed by atoms with Crippen LogP contribution in [0.1, 0.15) is 48.3 Å². The van der Waals surface area contributed by atoms with E-state index in [0.717, 1.165) is 68.5 Å². The first kappa shape index (κ1) is 22.8. The Morgan fingerprint density at radius 3 is 2.58 bits per heavy atom. The van der Waals surface area contributed by atoms with Crippen molar-refractivity contribution in [1.29, 1.82) is 0 Å². The largest absolute Gasteiger partial charge is 0.496 e. The van der Waals surface area contributed by atoms with E-state index < -0.39 is 0 Å². The molecule has 33 heavy (non-hydrogen) atoms. The van der Waals surface area contributed by atoms with Gasteiger partial charge in [-0.05, 0) is 49.9 Å². The lowest BCUT2D eigenvalue weighted by Gasteiger charge is -2.17. The number of benzene rings is 2. The number of nitrogens with one attached hydrogen (secondary N) is 1. The second kappa shape index (κ2) is 11.0. The van der Waals surface area contributed by atoms with Crippen LogP contribution in [0.5, 0.6) is 5.75 Å². The summed E-state index contributed by atoms with van der Waals surface area (Å²) in [7, 11) is 1.57. The van der Waals surface area contributed by atoms with Crippen LogP contribution in [-0.4, -0.2) is 53.0 Å². The highest BCUT2D eigenvalue weighted by Gasteiger charge is 2.20. The maximum Gasteiger partial charge on any atom is 0.255 e. The number of nitrogens with zero attached hydrogens (tertiary/aromatic N) is 3. The number of ether oxygens (including phenoxy) is 1. The highest BCUT2D eigenvalue weighted by atomic mass is 16.5. The molecule has 0 radical (unpaired) electrons. The van der Waals surface area contributed by atoms with E-state index in [9.17, 15) is 9.59 Å². The third-order valence-corrected chi connectivity index (χ3v) is 6.20. The number of hydrogen-bond acceptors (Lipinski definition) is 4. The number of para-hydroxylation sites is 3. The number of likely N-dealkylation sites (tertiary alicyclic amines) is 1. The summed E-state index contributed by atoms with van der Waals surface area (Å²) in [6.45, 7) is 2.69. The Hall–Kier alpha value is -3.35. The van der Waals surface area contributed by atoms with E-state index in [1.165, 1.54) is 0 Å². The molecule has 1 N–H and O–H groups in total. The number of carbonyl (C=O) groups is 2. The molecule has 0 atom stereocenters. The number of aryl methyl sites for hydroxylation is 1. The van der Waals surface area contributed by atoms with Crippen molar-refractivity contribution >= 4 is 22.8 Å². The number of unbranched alkanes of at least 4 members (excludes halogenated alkanes) is 2. The maximum absolute atomic E-state index is 12.8. The van der Waals surface area contributed by atoms with Crippen molar-refractivity contribution in [3.63, 3.8) is 0 Å². The fraction of sp³-hybridized carbons (Fsp3) is 0.423. The summed E-state index contributed by atoms with van der Waals surface area (Å²) in [6.07, 6.45) is 5.80. The molecule has 2 amide bonds. The molecule has 0 saturated carbocycles. The predicted molar refractivity (Wildman–Crippen MR) is 128 cm³/mol. The number of imidazole rings is 1. The molecule has 0 spiro atoms. The van der Waals surface area contributed by atoms with Gasteiger partial charge < -0.3 is 19.5 Å². The zero-order valence-electron chi connectivity index (χ0n) is 19.3. The standard InChI is InChI=1S/C26H32N4O3/c1-33-23-14-7-4-11-20(23)26(32)27-16-8-2-3-15-24-28-21-12-5-6-13-22(21)30(24)19-25(31)29-17-9-10-18-29/h4-7,11-14H,2-3,8-10,15-19H2,1H3,(H,27,32). The van der Waals surface area contributed by atoms with Crippen molar-refractivity contribution in [3.8, 4) is 5.75 Å². The minimum atomic E-state index is -0.116. The van der Waals surface area contributed by atoms with Crippen molar-refractivity contribution in [1.82, 2.24) is 19.8 Å². The van der Waals surface area contributed by atoms with E-state index >= 15 is 0 Å². The van der Waals surface area contributed by atoms with Crippen molar-refractivity contribution < 1.29 is 14.3 Å². The summed E-state index contributed by atoms with van der Waals surface area (Å²) in [6, 6.07) is 15.3. The molecule has 1 saturated heterocycles. The van der Waals surface area contributed by atoms with E-state index in [2.05, 4.69) is 9.88 Å². The lowest BCUT2D eigenvalue weighted by Crippen LogP contribution is -2.31. The zero-order valence-corrected chi connectivity index (χ0v) is 19.3. The molecule has 1 aromatic heterocycles. The van der Waals surface area contributed by atoms with Crippen LogP contribution < -0.4 is 10.1 Å². The quantitative estimate of drug-likeness (QED) is 0.479. The smallest absolute Gasteiger partial charge is 0.255 e. The van der Waals surface area contributed by atoms with Crippen LogP contribution in [0.15, 0.2) is 48.5 Å². The van der Waals surface area contributed by atoms with Crippen molar-refractivity contribution in [2.24, 2.45) is 0 Å². The Morgan fingerprint density at radius 2 is 1.76 bits per heavy atom. The van der Waals surface area contributed by atoms with Gasteiger partial charge in [-0.1, -0.05) is 30.7 Å². The van der Waals surface area contributed by atoms with Crippen LogP contribution in [0.3, 0.4) is 0 Å². The molecule has 3 aromatic rings. The highest BCUT2D eigenvalue weighted by molar-refractivity contribution is 5.96. The Kier molecular flexibility index (Phi) is 7.60. The Balaban J connectivity index is 1.29. The molecule has 1 aliphatic rings. The van der Waals surface area contributed by atoms with Gasteiger partial charge in [0.1, 0.15) is 18.1 Å². The molecule has 7 nitrogen and oxygen atoms in total. The lowest BCUT2D eigenvalue weighted by atomic mass is 10.1. The first-order valence-corrected chi connectivity index (χ1v) is 11.8. The van der Waals surface area contributed by atoms with E-state index in [-0.39, 0.29) is 11.8 Å². The Morgan fingerprint density at radius 1 is 1.00 bits per heavy atom. The van der Waals surface area contributed by atoms with Crippen LogP contribution in [0.2, 0.25) is 0 Å². The third-order valence-electron chi connectivity index (χ3n) is 6.20. The number of fused-ring (bicyclic) bond motifs is 1. The predicted octanol–water partition coefficient (Wildman–Crippen LogP) is 3.81. The SMILES string of the molecule is COc1ccccc1C(=O)NCCCCCc1nc2ccccc2n1CC(=O)N1CCCC1. The first-order valence-electron chi connectivity index (χ1n) is 11.8. The average molecular weight is 449 g/mol. The third kappa shape index (κ3) is 5.53. The van der Waals surface area contributed by atoms with E-state index in [1.54, 1.807) is 19.2 Å². The molecule has 0 aliphatic carbocycles. The van der Waals surface area contributed by atoms with E-state index in [4.69, 9.17) is 9.72 Å². The Bertz CT molecular complexity index is 1100. The fourth-order valence-electron chi connectivity index (χ4n) is 4.41. The monoisotopic (exact) mass is 448 g/mol. The highest BCUT2D eigenvalue weighted by Crippen LogP contribution is 2.20. The number of rotatable bonds is 10. The minimum Gasteiger partial charge on any atom is -0.496 e. The van der Waals surface area contributed by atoms with Gasteiger partial charge in [0.15, 0.2) is 0 Å². The summed E-state index contributed by atoms with van der Waals surface area (Å²) in [5, 5.41) is 2.97. The number of hydrogen-bond donors (Lipinski definition) is 1. The van der Waals surface area contributed by atoms with Gasteiger partial charge in [0.05, 0.1) is 23.7 Å². The van der Waals surface area contributed by atoms with Gasteiger partial charge in [-0.2, -0.15) is 0 Å². The van der Waals surface area contributed by atoms with Crippen LogP contribution in [0.25, 0.3) is 11.0 Å². The average Bonchev–Trinajstić information content (AvgIpc) is 3.50.